The second kappa shape index (κ2) is 8.34. The highest BCUT2D eigenvalue weighted by Crippen LogP contribution is 2.31. The number of benzene rings is 1. The second-order valence-electron chi connectivity index (χ2n) is 6.63. The monoisotopic (exact) mass is 366 g/mol. The summed E-state index contributed by atoms with van der Waals surface area (Å²) in [6, 6.07) is 10.2. The number of hydrogen-bond acceptors (Lipinski definition) is 3. The molecule has 0 amide bonds. The van der Waals surface area contributed by atoms with E-state index in [1.807, 2.05) is 23.6 Å². The maximum Gasteiger partial charge on any atom is 0.141 e. The van der Waals surface area contributed by atoms with Crippen molar-refractivity contribution in [3.63, 3.8) is 0 Å². The maximum atomic E-state index is 6.15. The number of amidine groups is 1. The van der Waals surface area contributed by atoms with Gasteiger partial charge in [-0.15, -0.1) is 11.3 Å². The Hall–Kier alpha value is -2.37. The second-order valence-corrected chi connectivity index (χ2v) is 7.58. The van der Waals surface area contributed by atoms with Crippen LogP contribution in [0.2, 0.25) is 0 Å². The minimum atomic E-state index is 0.564. The number of fused-ring (bicyclic) bond motifs is 1. The summed E-state index contributed by atoms with van der Waals surface area (Å²) in [7, 11) is 4.23. The van der Waals surface area contributed by atoms with E-state index in [0.717, 1.165) is 35.5 Å². The molecule has 3 rings (SSSR count). The van der Waals surface area contributed by atoms with Crippen molar-refractivity contribution in [2.75, 3.05) is 20.6 Å². The summed E-state index contributed by atoms with van der Waals surface area (Å²) in [4.78, 5) is 11.2. The molecule has 136 valence electrons. The first kappa shape index (κ1) is 18.4. The molecule has 3 aromatic rings. The zero-order valence-electron chi connectivity index (χ0n) is 15.6. The van der Waals surface area contributed by atoms with Crippen molar-refractivity contribution in [2.45, 2.75) is 19.8 Å². The first-order valence-electron chi connectivity index (χ1n) is 8.88. The molecule has 2 heterocycles. The summed E-state index contributed by atoms with van der Waals surface area (Å²) in [5.41, 5.74) is 10.8. The average Bonchev–Trinajstić information content (AvgIpc) is 3.28. The van der Waals surface area contributed by atoms with Crippen LogP contribution < -0.4 is 5.73 Å². The third-order valence-electron chi connectivity index (χ3n) is 4.43. The Bertz CT molecular complexity index is 917. The van der Waals surface area contributed by atoms with Gasteiger partial charge in [0.15, 0.2) is 0 Å². The Morgan fingerprint density at radius 3 is 2.85 bits per heavy atom. The van der Waals surface area contributed by atoms with Crippen molar-refractivity contribution < 1.29 is 0 Å². The number of nitrogens with one attached hydrogen (secondary N) is 1. The lowest BCUT2D eigenvalue weighted by molar-refractivity contribution is 0.403. The average molecular weight is 367 g/mol. The number of H-pyrrole nitrogens is 1. The number of allylic oxidation sites excluding steroid dienone is 2. The molecule has 0 radical (unpaired) electrons. The molecular formula is C21H26N4S. The van der Waals surface area contributed by atoms with Crippen molar-refractivity contribution in [3.8, 4) is 0 Å². The van der Waals surface area contributed by atoms with Gasteiger partial charge >= 0.3 is 0 Å². The molecule has 4 nitrogen and oxygen atoms in total. The highest BCUT2D eigenvalue weighted by atomic mass is 32.1. The van der Waals surface area contributed by atoms with Crippen LogP contribution in [0.1, 0.15) is 30.2 Å². The molecule has 26 heavy (non-hydrogen) atoms. The van der Waals surface area contributed by atoms with E-state index in [4.69, 9.17) is 5.73 Å². The smallest absolute Gasteiger partial charge is 0.141 e. The van der Waals surface area contributed by atoms with E-state index < -0.39 is 0 Å². The van der Waals surface area contributed by atoms with Gasteiger partial charge in [0.1, 0.15) is 5.84 Å². The van der Waals surface area contributed by atoms with E-state index in [-0.39, 0.29) is 0 Å². The molecule has 0 unspecified atom stereocenters. The molecule has 0 saturated heterocycles. The zero-order chi connectivity index (χ0) is 18.5. The Labute approximate surface area is 159 Å². The summed E-state index contributed by atoms with van der Waals surface area (Å²) in [6.45, 7) is 3.20. The van der Waals surface area contributed by atoms with Gasteiger partial charge in [-0.2, -0.15) is 0 Å². The molecule has 0 fully saturated rings. The van der Waals surface area contributed by atoms with E-state index in [0.29, 0.717) is 5.84 Å². The number of nitrogens with zero attached hydrogens (tertiary/aromatic N) is 2. The van der Waals surface area contributed by atoms with Crippen LogP contribution >= 0.6 is 11.3 Å². The van der Waals surface area contributed by atoms with Crippen LogP contribution in [0.4, 0.5) is 5.69 Å². The van der Waals surface area contributed by atoms with Crippen molar-refractivity contribution in [1.82, 2.24) is 9.88 Å². The lowest BCUT2D eigenvalue weighted by Crippen LogP contribution is -2.12. The molecule has 0 aliphatic rings. The molecule has 0 bridgehead atoms. The fourth-order valence-electron chi connectivity index (χ4n) is 3.08. The van der Waals surface area contributed by atoms with Gasteiger partial charge in [-0.25, -0.2) is 4.99 Å². The molecule has 0 saturated carbocycles. The predicted octanol–water partition coefficient (Wildman–Crippen LogP) is 5.01. The van der Waals surface area contributed by atoms with Crippen LogP contribution in [-0.4, -0.2) is 36.4 Å². The van der Waals surface area contributed by atoms with Gasteiger partial charge in [0.05, 0.1) is 10.6 Å². The van der Waals surface area contributed by atoms with Crippen molar-refractivity contribution >= 4 is 39.3 Å². The van der Waals surface area contributed by atoms with E-state index in [1.165, 1.54) is 16.5 Å². The highest BCUT2D eigenvalue weighted by molar-refractivity contribution is 7.12. The van der Waals surface area contributed by atoms with Gasteiger partial charge in [0.25, 0.3) is 0 Å². The third-order valence-corrected chi connectivity index (χ3v) is 5.33. The molecule has 5 heteroatoms. The lowest BCUT2D eigenvalue weighted by Gasteiger charge is -2.11. The number of aliphatic imine (C=N–C) groups is 1. The van der Waals surface area contributed by atoms with Crippen LogP contribution in [0.25, 0.3) is 16.5 Å². The maximum absolute atomic E-state index is 6.15. The van der Waals surface area contributed by atoms with Gasteiger partial charge in [0.2, 0.25) is 0 Å². The van der Waals surface area contributed by atoms with E-state index in [9.17, 15) is 0 Å². The Kier molecular flexibility index (Phi) is 5.91. The van der Waals surface area contributed by atoms with E-state index in [1.54, 1.807) is 11.3 Å². The highest BCUT2D eigenvalue weighted by Gasteiger charge is 2.10. The predicted molar refractivity (Wildman–Crippen MR) is 114 cm³/mol. The Morgan fingerprint density at radius 1 is 1.31 bits per heavy atom. The number of aromatic nitrogens is 1. The molecule has 0 aliphatic heterocycles. The van der Waals surface area contributed by atoms with Crippen LogP contribution in [0.15, 0.2) is 53.0 Å². The molecule has 1 aromatic carbocycles. The first-order chi connectivity index (χ1) is 12.6. The van der Waals surface area contributed by atoms with Gasteiger partial charge in [0, 0.05) is 22.7 Å². The molecule has 0 aliphatic carbocycles. The summed E-state index contributed by atoms with van der Waals surface area (Å²) in [5, 5.41) is 3.21. The number of aromatic amines is 1. The van der Waals surface area contributed by atoms with Crippen LogP contribution in [0.5, 0.6) is 0 Å². The van der Waals surface area contributed by atoms with Crippen molar-refractivity contribution in [1.29, 1.82) is 0 Å². The fraction of sp³-hybridized carbons (Fsp3) is 0.286. The quantitative estimate of drug-likeness (QED) is 0.456. The summed E-state index contributed by atoms with van der Waals surface area (Å²) in [5.74, 6) is 0.564. The topological polar surface area (TPSA) is 57.4 Å². The molecule has 0 spiro atoms. The minimum Gasteiger partial charge on any atom is -0.383 e. The van der Waals surface area contributed by atoms with Crippen LogP contribution in [0.3, 0.4) is 0 Å². The van der Waals surface area contributed by atoms with Crippen LogP contribution in [0, 0.1) is 0 Å². The largest absolute Gasteiger partial charge is 0.383 e. The summed E-state index contributed by atoms with van der Waals surface area (Å²) in [6.07, 6.45) is 6.52. The SMILES string of the molecule is C/C=C(\CCCN(C)C)c1c[nH]c2ccc(N=C(N)c3cccs3)cc12. The van der Waals surface area contributed by atoms with Crippen molar-refractivity contribution in [3.05, 3.63) is 58.4 Å². The lowest BCUT2D eigenvalue weighted by atomic mass is 10.00. The molecule has 2 aromatic heterocycles. The zero-order valence-corrected chi connectivity index (χ0v) is 16.4. The molecular weight excluding hydrogens is 340 g/mol. The van der Waals surface area contributed by atoms with Gasteiger partial charge in [-0.05, 0) is 75.6 Å². The Balaban J connectivity index is 1.89. The van der Waals surface area contributed by atoms with E-state index >= 15 is 0 Å². The van der Waals surface area contributed by atoms with Crippen molar-refractivity contribution in [2.24, 2.45) is 10.7 Å². The van der Waals surface area contributed by atoms with Crippen LogP contribution in [-0.2, 0) is 0 Å². The summed E-state index contributed by atoms with van der Waals surface area (Å²) >= 11 is 1.60. The summed E-state index contributed by atoms with van der Waals surface area (Å²) < 4.78 is 0. The normalized spacial score (nSPS) is 13.1. The van der Waals surface area contributed by atoms with Gasteiger partial charge < -0.3 is 15.6 Å². The molecule has 0 atom stereocenters. The molecule has 3 N–H and O–H groups in total. The van der Waals surface area contributed by atoms with Gasteiger partial charge in [-0.3, -0.25) is 0 Å². The minimum absolute atomic E-state index is 0.564. The fourth-order valence-corrected chi connectivity index (χ4v) is 3.71. The standard InChI is InChI=1S/C21H26N4S/c1-4-15(7-5-11-25(2)3)18-14-23-19-10-9-16(13-17(18)19)24-21(22)20-8-6-12-26-20/h4,6,8-10,12-14,23H,5,7,11H2,1-3H3,(H2,22,24)/b15-4+. The number of nitrogens with two attached hydrogens (primary N) is 1. The Morgan fingerprint density at radius 2 is 2.15 bits per heavy atom. The number of hydrogen-bond donors (Lipinski definition) is 2. The van der Waals surface area contributed by atoms with Gasteiger partial charge in [-0.1, -0.05) is 12.1 Å². The number of thiophene rings is 1. The number of rotatable bonds is 7. The third kappa shape index (κ3) is 4.23. The first-order valence-corrected chi connectivity index (χ1v) is 9.76. The van der Waals surface area contributed by atoms with E-state index in [2.05, 4.69) is 60.3 Å².